The van der Waals surface area contributed by atoms with Gasteiger partial charge >= 0.3 is 0 Å². The molecule has 3 N–H and O–H groups in total. The van der Waals surface area contributed by atoms with Crippen molar-refractivity contribution in [2.75, 3.05) is 16.0 Å². The van der Waals surface area contributed by atoms with Crippen LogP contribution in [-0.2, 0) is 0 Å². The molecule has 0 saturated carbocycles. The predicted octanol–water partition coefficient (Wildman–Crippen LogP) is 4.83. The van der Waals surface area contributed by atoms with Gasteiger partial charge in [0.1, 0.15) is 17.2 Å². The van der Waals surface area contributed by atoms with Gasteiger partial charge in [-0.05, 0) is 49.6 Å². The van der Waals surface area contributed by atoms with Crippen LogP contribution in [0.1, 0.15) is 27.2 Å². The molecule has 4 aromatic rings. The van der Waals surface area contributed by atoms with E-state index in [1.807, 2.05) is 63.2 Å². The number of benzene rings is 2. The lowest BCUT2D eigenvalue weighted by Gasteiger charge is -2.27. The Hall–Kier alpha value is -4.00. The van der Waals surface area contributed by atoms with Crippen molar-refractivity contribution >= 4 is 28.8 Å². The first kappa shape index (κ1) is 21.2. The number of rotatable bonds is 8. The molecule has 0 unspecified atom stereocenters. The van der Waals surface area contributed by atoms with E-state index < -0.39 is 10.9 Å². The van der Waals surface area contributed by atoms with Gasteiger partial charge in [0, 0.05) is 17.4 Å². The van der Waals surface area contributed by atoms with Gasteiger partial charge in [-0.1, -0.05) is 49.4 Å². The van der Waals surface area contributed by atoms with Gasteiger partial charge in [0.25, 0.3) is 10.9 Å². The molecule has 0 fully saturated rings. The lowest BCUT2D eigenvalue weighted by molar-refractivity contribution is 0.546. The maximum absolute atomic E-state index is 12.1. The number of nitrogens with zero attached hydrogens (tertiary/aromatic N) is 2. The fourth-order valence-electron chi connectivity index (χ4n) is 3.18. The van der Waals surface area contributed by atoms with Crippen molar-refractivity contribution in [3.63, 3.8) is 0 Å². The Morgan fingerprint density at radius 1 is 0.812 bits per heavy atom. The minimum atomic E-state index is -0.552. The fraction of sp³-hybridized carbons (Fsp3) is 0.200. The molecule has 1 heterocycles. The van der Waals surface area contributed by atoms with E-state index >= 15 is 0 Å². The monoisotopic (exact) mass is 427 g/mol. The molecule has 7 heteroatoms. The standard InChI is InChI=1S/C25H25N5O2/c1-4-25(2,3)30-21-20(22(31)23(21)32)28-19-14-15-26-24(29-19)27-18-12-10-17(11-13-18)16-8-6-5-7-9-16/h5-15,30H,4H2,1-3H3,(H2,26,27,28,29). The van der Waals surface area contributed by atoms with E-state index in [0.717, 1.165) is 23.2 Å². The lowest BCUT2D eigenvalue weighted by atomic mass is 10.0. The molecule has 3 aromatic carbocycles. The lowest BCUT2D eigenvalue weighted by Crippen LogP contribution is -2.42. The normalized spacial score (nSPS) is 11.3. The molecular formula is C25H25N5O2. The maximum atomic E-state index is 12.1. The van der Waals surface area contributed by atoms with Gasteiger partial charge < -0.3 is 16.0 Å². The zero-order valence-electron chi connectivity index (χ0n) is 18.3. The molecule has 0 amide bonds. The first-order chi connectivity index (χ1) is 15.4. The zero-order valence-corrected chi connectivity index (χ0v) is 18.3. The molecule has 0 aliphatic heterocycles. The average Bonchev–Trinajstić information content (AvgIpc) is 2.82. The Bertz CT molecular complexity index is 1290. The van der Waals surface area contributed by atoms with Gasteiger partial charge in [0.15, 0.2) is 0 Å². The van der Waals surface area contributed by atoms with Gasteiger partial charge in [-0.2, -0.15) is 4.98 Å². The fourth-order valence-corrected chi connectivity index (χ4v) is 3.18. The Kier molecular flexibility index (Phi) is 5.73. The SMILES string of the molecule is CCC(C)(C)Nc1c(Nc2ccnc(Nc3ccc(-c4ccccc4)cc3)n2)c(=O)c1=O. The number of nitrogens with one attached hydrogen (secondary N) is 3. The summed E-state index contributed by atoms with van der Waals surface area (Å²) >= 11 is 0. The molecule has 1 aromatic heterocycles. The van der Waals surface area contributed by atoms with Gasteiger partial charge in [-0.3, -0.25) is 9.59 Å². The van der Waals surface area contributed by atoms with E-state index in [1.54, 1.807) is 12.3 Å². The topological polar surface area (TPSA) is 96.0 Å². The molecule has 0 spiro atoms. The van der Waals surface area contributed by atoms with Crippen molar-refractivity contribution in [1.82, 2.24) is 9.97 Å². The minimum absolute atomic E-state index is 0.230. The summed E-state index contributed by atoms with van der Waals surface area (Å²) in [6.07, 6.45) is 2.39. The van der Waals surface area contributed by atoms with Crippen LogP contribution in [0.15, 0.2) is 76.4 Å². The van der Waals surface area contributed by atoms with E-state index in [9.17, 15) is 9.59 Å². The second kappa shape index (κ2) is 8.63. The van der Waals surface area contributed by atoms with Crippen LogP contribution in [0.5, 0.6) is 0 Å². The van der Waals surface area contributed by atoms with Crippen molar-refractivity contribution in [2.24, 2.45) is 0 Å². The Balaban J connectivity index is 1.49. The van der Waals surface area contributed by atoms with Crippen LogP contribution >= 0.6 is 0 Å². The van der Waals surface area contributed by atoms with Gasteiger partial charge in [0.2, 0.25) is 5.95 Å². The summed E-state index contributed by atoms with van der Waals surface area (Å²) in [5.74, 6) is 0.803. The molecular weight excluding hydrogens is 402 g/mol. The second-order valence-electron chi connectivity index (χ2n) is 8.23. The van der Waals surface area contributed by atoms with Crippen molar-refractivity contribution < 1.29 is 0 Å². The number of hydrogen-bond donors (Lipinski definition) is 3. The predicted molar refractivity (Wildman–Crippen MR) is 130 cm³/mol. The molecule has 0 aliphatic carbocycles. The highest BCUT2D eigenvalue weighted by atomic mass is 16.2. The molecule has 0 bridgehead atoms. The van der Waals surface area contributed by atoms with E-state index in [4.69, 9.17) is 0 Å². The van der Waals surface area contributed by atoms with E-state index in [2.05, 4.69) is 38.1 Å². The van der Waals surface area contributed by atoms with Crippen molar-refractivity contribution in [1.29, 1.82) is 0 Å². The Labute approximate surface area is 186 Å². The maximum Gasteiger partial charge on any atom is 0.253 e. The number of aromatic nitrogens is 2. The van der Waals surface area contributed by atoms with Gasteiger partial charge in [0.05, 0.1) is 0 Å². The average molecular weight is 428 g/mol. The molecule has 0 aliphatic rings. The zero-order chi connectivity index (χ0) is 22.7. The summed E-state index contributed by atoms with van der Waals surface area (Å²) in [5, 5.41) is 9.29. The van der Waals surface area contributed by atoms with Crippen LogP contribution < -0.4 is 26.8 Å². The molecule has 0 atom stereocenters. The third kappa shape index (κ3) is 4.51. The summed E-state index contributed by atoms with van der Waals surface area (Å²) in [6.45, 7) is 5.97. The highest BCUT2D eigenvalue weighted by Crippen LogP contribution is 2.25. The van der Waals surface area contributed by atoms with Crippen LogP contribution in [0.2, 0.25) is 0 Å². The van der Waals surface area contributed by atoms with Crippen LogP contribution in [0.25, 0.3) is 11.1 Å². The van der Waals surface area contributed by atoms with Crippen molar-refractivity contribution in [2.45, 2.75) is 32.7 Å². The largest absolute Gasteiger partial charge is 0.375 e. The van der Waals surface area contributed by atoms with Crippen molar-refractivity contribution in [3.8, 4) is 11.1 Å². The summed E-state index contributed by atoms with van der Waals surface area (Å²) in [5.41, 5.74) is 2.25. The third-order valence-corrected chi connectivity index (χ3v) is 5.41. The summed E-state index contributed by atoms with van der Waals surface area (Å²) in [4.78, 5) is 32.8. The number of anilines is 5. The van der Waals surface area contributed by atoms with E-state index in [-0.39, 0.29) is 11.2 Å². The summed E-state index contributed by atoms with van der Waals surface area (Å²) in [7, 11) is 0. The van der Waals surface area contributed by atoms with Crippen LogP contribution in [0.4, 0.5) is 28.8 Å². The first-order valence-electron chi connectivity index (χ1n) is 10.5. The molecule has 32 heavy (non-hydrogen) atoms. The minimum Gasteiger partial charge on any atom is -0.375 e. The smallest absolute Gasteiger partial charge is 0.253 e. The first-order valence-corrected chi connectivity index (χ1v) is 10.5. The Morgan fingerprint density at radius 2 is 1.47 bits per heavy atom. The molecule has 7 nitrogen and oxygen atoms in total. The summed E-state index contributed by atoms with van der Waals surface area (Å²) in [6, 6.07) is 19.7. The van der Waals surface area contributed by atoms with Crippen LogP contribution in [-0.4, -0.2) is 15.5 Å². The quantitative estimate of drug-likeness (QED) is 0.347. The summed E-state index contributed by atoms with van der Waals surface area (Å²) < 4.78 is 0. The molecule has 4 rings (SSSR count). The van der Waals surface area contributed by atoms with Crippen molar-refractivity contribution in [3.05, 3.63) is 87.3 Å². The third-order valence-electron chi connectivity index (χ3n) is 5.41. The molecule has 0 saturated heterocycles. The highest BCUT2D eigenvalue weighted by molar-refractivity contribution is 5.78. The van der Waals surface area contributed by atoms with Gasteiger partial charge in [-0.25, -0.2) is 4.98 Å². The van der Waals surface area contributed by atoms with Crippen LogP contribution in [0, 0.1) is 0 Å². The highest BCUT2D eigenvalue weighted by Gasteiger charge is 2.26. The van der Waals surface area contributed by atoms with Gasteiger partial charge in [-0.15, -0.1) is 0 Å². The Morgan fingerprint density at radius 3 is 2.16 bits per heavy atom. The number of hydrogen-bond acceptors (Lipinski definition) is 7. The van der Waals surface area contributed by atoms with Crippen LogP contribution in [0.3, 0.4) is 0 Å². The molecule has 162 valence electrons. The second-order valence-corrected chi connectivity index (χ2v) is 8.23. The van der Waals surface area contributed by atoms with E-state index in [0.29, 0.717) is 17.5 Å². The van der Waals surface area contributed by atoms with E-state index in [1.165, 1.54) is 0 Å². The molecule has 0 radical (unpaired) electrons.